The van der Waals surface area contributed by atoms with Gasteiger partial charge in [-0.25, -0.2) is 9.78 Å². The average Bonchev–Trinajstić information content (AvgIpc) is 3.04. The van der Waals surface area contributed by atoms with Crippen LogP contribution in [0.3, 0.4) is 0 Å². The molecule has 5 heteroatoms. The van der Waals surface area contributed by atoms with E-state index in [2.05, 4.69) is 11.1 Å². The van der Waals surface area contributed by atoms with Gasteiger partial charge in [-0.15, -0.1) is 11.3 Å². The van der Waals surface area contributed by atoms with Crippen LogP contribution in [0.25, 0.3) is 10.6 Å². The molecule has 0 radical (unpaired) electrons. The van der Waals surface area contributed by atoms with Gasteiger partial charge in [0.1, 0.15) is 10.8 Å². The molecule has 104 valence electrons. The lowest BCUT2D eigenvalue weighted by atomic mass is 10.1. The Morgan fingerprint density at radius 3 is 3.15 bits per heavy atom. The monoisotopic (exact) mass is 289 g/mol. The second-order valence-electron chi connectivity index (χ2n) is 4.57. The zero-order chi connectivity index (χ0) is 14.1. The fraction of sp³-hybridized carbons (Fsp3) is 0.333. The second-order valence-corrected chi connectivity index (χ2v) is 5.77. The van der Waals surface area contributed by atoms with Gasteiger partial charge in [-0.05, 0) is 37.6 Å². The van der Waals surface area contributed by atoms with Crippen LogP contribution in [-0.4, -0.2) is 24.2 Å². The molecule has 0 aliphatic carbocycles. The van der Waals surface area contributed by atoms with Crippen molar-refractivity contribution in [2.75, 3.05) is 13.2 Å². The van der Waals surface area contributed by atoms with Crippen molar-refractivity contribution in [3.05, 3.63) is 34.3 Å². The number of nitrogens with zero attached hydrogens (tertiary/aromatic N) is 1. The summed E-state index contributed by atoms with van der Waals surface area (Å²) in [6.45, 7) is 4.79. The molecule has 0 unspecified atom stereocenters. The lowest BCUT2D eigenvalue weighted by molar-refractivity contribution is 0.0519. The Bertz CT molecular complexity index is 663. The Morgan fingerprint density at radius 2 is 2.35 bits per heavy atom. The van der Waals surface area contributed by atoms with Crippen LogP contribution in [0.1, 0.15) is 27.9 Å². The molecular formula is C15H15NO3S. The van der Waals surface area contributed by atoms with Crippen LogP contribution in [0.5, 0.6) is 5.75 Å². The maximum atomic E-state index is 11.8. The van der Waals surface area contributed by atoms with Crippen LogP contribution in [-0.2, 0) is 11.2 Å². The van der Waals surface area contributed by atoms with Crippen LogP contribution in [0, 0.1) is 6.92 Å². The number of aromatic nitrogens is 1. The van der Waals surface area contributed by atoms with Gasteiger partial charge >= 0.3 is 5.97 Å². The number of thiazole rings is 1. The molecule has 1 aromatic heterocycles. The largest absolute Gasteiger partial charge is 0.493 e. The highest BCUT2D eigenvalue weighted by atomic mass is 32.1. The molecule has 1 aliphatic heterocycles. The molecule has 1 aliphatic rings. The van der Waals surface area contributed by atoms with E-state index in [0.29, 0.717) is 12.3 Å². The topological polar surface area (TPSA) is 48.4 Å². The average molecular weight is 289 g/mol. The minimum absolute atomic E-state index is 0.350. The Kier molecular flexibility index (Phi) is 3.44. The van der Waals surface area contributed by atoms with E-state index in [1.807, 2.05) is 19.1 Å². The van der Waals surface area contributed by atoms with Gasteiger partial charge in [0.05, 0.1) is 13.2 Å². The summed E-state index contributed by atoms with van der Waals surface area (Å²) in [7, 11) is 0. The molecule has 2 aromatic rings. The van der Waals surface area contributed by atoms with Gasteiger partial charge in [0.2, 0.25) is 0 Å². The van der Waals surface area contributed by atoms with Crippen molar-refractivity contribution in [2.45, 2.75) is 20.3 Å². The molecule has 0 atom stereocenters. The molecule has 1 aromatic carbocycles. The summed E-state index contributed by atoms with van der Waals surface area (Å²) < 4.78 is 10.5. The second kappa shape index (κ2) is 5.25. The van der Waals surface area contributed by atoms with Gasteiger partial charge in [0, 0.05) is 16.9 Å². The Balaban J connectivity index is 1.95. The van der Waals surface area contributed by atoms with Gasteiger partial charge < -0.3 is 9.47 Å². The first-order chi connectivity index (χ1) is 9.69. The van der Waals surface area contributed by atoms with E-state index in [-0.39, 0.29) is 5.97 Å². The van der Waals surface area contributed by atoms with Crippen LogP contribution in [0.15, 0.2) is 18.2 Å². The number of hydrogen-bond donors (Lipinski definition) is 0. The molecule has 0 N–H and O–H groups in total. The molecular weight excluding hydrogens is 274 g/mol. The SMILES string of the molecule is CCOC(=O)c1nc(-c2ccc3c(c2)CCO3)sc1C. The van der Waals surface area contributed by atoms with E-state index < -0.39 is 0 Å². The number of ether oxygens (including phenoxy) is 2. The summed E-state index contributed by atoms with van der Waals surface area (Å²) in [5.74, 6) is 0.602. The van der Waals surface area contributed by atoms with Gasteiger partial charge in [0.15, 0.2) is 5.69 Å². The highest BCUT2D eigenvalue weighted by molar-refractivity contribution is 7.15. The third kappa shape index (κ3) is 2.29. The van der Waals surface area contributed by atoms with E-state index in [0.717, 1.165) is 34.2 Å². The summed E-state index contributed by atoms with van der Waals surface area (Å²) in [5, 5.41) is 0.847. The van der Waals surface area contributed by atoms with E-state index in [9.17, 15) is 4.79 Å². The first-order valence-corrected chi connectivity index (χ1v) is 7.41. The number of carbonyl (C=O) groups excluding carboxylic acids is 1. The predicted molar refractivity (Wildman–Crippen MR) is 77.4 cm³/mol. The van der Waals surface area contributed by atoms with E-state index in [4.69, 9.17) is 9.47 Å². The van der Waals surface area contributed by atoms with Crippen molar-refractivity contribution in [2.24, 2.45) is 0 Å². The van der Waals surface area contributed by atoms with Crippen LogP contribution >= 0.6 is 11.3 Å². The van der Waals surface area contributed by atoms with Crippen molar-refractivity contribution < 1.29 is 14.3 Å². The molecule has 0 bridgehead atoms. The number of aryl methyl sites for hydroxylation is 1. The van der Waals surface area contributed by atoms with Gasteiger partial charge in [-0.1, -0.05) is 0 Å². The highest BCUT2D eigenvalue weighted by Crippen LogP contribution is 2.33. The van der Waals surface area contributed by atoms with E-state index >= 15 is 0 Å². The molecule has 2 heterocycles. The minimum Gasteiger partial charge on any atom is -0.493 e. The first kappa shape index (κ1) is 13.1. The zero-order valence-corrected chi connectivity index (χ0v) is 12.3. The summed E-state index contributed by atoms with van der Waals surface area (Å²) in [5.41, 5.74) is 2.65. The number of esters is 1. The highest BCUT2D eigenvalue weighted by Gasteiger charge is 2.19. The van der Waals surface area contributed by atoms with E-state index in [1.54, 1.807) is 6.92 Å². The summed E-state index contributed by atoms with van der Waals surface area (Å²) in [6, 6.07) is 6.05. The summed E-state index contributed by atoms with van der Waals surface area (Å²) >= 11 is 1.51. The van der Waals surface area contributed by atoms with Crippen molar-refractivity contribution in [1.82, 2.24) is 4.98 Å². The zero-order valence-electron chi connectivity index (χ0n) is 11.4. The molecule has 0 saturated carbocycles. The maximum absolute atomic E-state index is 11.8. The van der Waals surface area contributed by atoms with Crippen LogP contribution < -0.4 is 4.74 Å². The van der Waals surface area contributed by atoms with Crippen molar-refractivity contribution >= 4 is 17.3 Å². The summed E-state index contributed by atoms with van der Waals surface area (Å²) in [6.07, 6.45) is 0.929. The normalized spacial score (nSPS) is 12.9. The third-order valence-electron chi connectivity index (χ3n) is 3.20. The fourth-order valence-corrected chi connectivity index (χ4v) is 3.13. The molecule has 20 heavy (non-hydrogen) atoms. The smallest absolute Gasteiger partial charge is 0.358 e. The molecule has 0 amide bonds. The molecule has 4 nitrogen and oxygen atoms in total. The van der Waals surface area contributed by atoms with Crippen molar-refractivity contribution in [3.8, 4) is 16.3 Å². The molecule has 0 spiro atoms. The lowest BCUT2D eigenvalue weighted by Crippen LogP contribution is -2.06. The van der Waals surface area contributed by atoms with Gasteiger partial charge in [0.25, 0.3) is 0 Å². The van der Waals surface area contributed by atoms with Crippen LogP contribution in [0.2, 0.25) is 0 Å². The van der Waals surface area contributed by atoms with Gasteiger partial charge in [-0.3, -0.25) is 0 Å². The quantitative estimate of drug-likeness (QED) is 0.814. The molecule has 3 rings (SSSR count). The van der Waals surface area contributed by atoms with E-state index in [1.165, 1.54) is 16.9 Å². The number of rotatable bonds is 3. The van der Waals surface area contributed by atoms with Crippen molar-refractivity contribution in [3.63, 3.8) is 0 Å². The summed E-state index contributed by atoms with van der Waals surface area (Å²) in [4.78, 5) is 17.1. The molecule has 0 fully saturated rings. The van der Waals surface area contributed by atoms with Gasteiger partial charge in [-0.2, -0.15) is 0 Å². The predicted octanol–water partition coefficient (Wildman–Crippen LogP) is 3.23. The maximum Gasteiger partial charge on any atom is 0.358 e. The number of hydrogen-bond acceptors (Lipinski definition) is 5. The number of benzene rings is 1. The molecule has 0 saturated heterocycles. The number of carbonyl (C=O) groups is 1. The first-order valence-electron chi connectivity index (χ1n) is 6.59. The Morgan fingerprint density at radius 1 is 1.50 bits per heavy atom. The minimum atomic E-state index is -0.350. The van der Waals surface area contributed by atoms with Crippen molar-refractivity contribution in [1.29, 1.82) is 0 Å². The number of fused-ring (bicyclic) bond motifs is 1. The Hall–Kier alpha value is -1.88. The lowest BCUT2D eigenvalue weighted by Gasteiger charge is -2.01. The standard InChI is InChI=1S/C15H15NO3S/c1-3-18-15(17)13-9(2)20-14(16-13)11-4-5-12-10(8-11)6-7-19-12/h4-5,8H,3,6-7H2,1-2H3. The van der Waals surface area contributed by atoms with Crippen LogP contribution in [0.4, 0.5) is 0 Å². The third-order valence-corrected chi connectivity index (χ3v) is 4.22. The Labute approximate surface area is 121 Å². The fourth-order valence-electron chi connectivity index (χ4n) is 2.23.